The Hall–Kier alpha value is -1.26. The summed E-state index contributed by atoms with van der Waals surface area (Å²) in [5.74, 6) is 0.784. The molecule has 5 heteroatoms. The Kier molecular flexibility index (Phi) is 6.33. The van der Waals surface area contributed by atoms with Crippen LogP contribution in [-0.2, 0) is 4.79 Å². The molecule has 0 bridgehead atoms. The van der Waals surface area contributed by atoms with Gasteiger partial charge in [-0.1, -0.05) is 32.1 Å². The number of nitrogens with zero attached hydrogens (tertiary/aromatic N) is 1. The van der Waals surface area contributed by atoms with Crippen molar-refractivity contribution in [3.05, 3.63) is 0 Å². The summed E-state index contributed by atoms with van der Waals surface area (Å²) >= 11 is 0. The number of piperidine rings is 1. The maximum atomic E-state index is 12.2. The minimum Gasteiger partial charge on any atom is -0.352 e. The average Bonchev–Trinajstić information content (AvgIpc) is 2.48. The molecule has 1 atom stereocenters. The van der Waals surface area contributed by atoms with Gasteiger partial charge >= 0.3 is 6.03 Å². The second kappa shape index (κ2) is 8.25. The standard InChI is InChI=1S/C16H29N3O2/c1-13(20)18-15-8-5-11-19(12-15)16(21)17-10-9-14-6-3-2-4-7-14/h14-15H,2-12H2,1H3,(H,17,21)(H,18,20). The molecule has 21 heavy (non-hydrogen) atoms. The predicted octanol–water partition coefficient (Wildman–Crippen LogP) is 2.27. The zero-order valence-electron chi connectivity index (χ0n) is 13.2. The SMILES string of the molecule is CC(=O)NC1CCCN(C(=O)NCCC2CCCCC2)C1. The maximum Gasteiger partial charge on any atom is 0.317 e. The minimum absolute atomic E-state index is 0.0143. The molecule has 0 aromatic rings. The van der Waals surface area contributed by atoms with Gasteiger partial charge in [-0.05, 0) is 25.2 Å². The number of likely N-dealkylation sites (tertiary alicyclic amines) is 1. The van der Waals surface area contributed by atoms with Crippen LogP contribution >= 0.6 is 0 Å². The first-order chi connectivity index (χ1) is 10.1. The number of carbonyl (C=O) groups is 2. The van der Waals surface area contributed by atoms with E-state index in [1.165, 1.54) is 39.0 Å². The first kappa shape index (κ1) is 16.1. The molecule has 2 N–H and O–H groups in total. The average molecular weight is 295 g/mol. The number of amides is 3. The number of urea groups is 1. The van der Waals surface area contributed by atoms with E-state index in [0.717, 1.165) is 38.3 Å². The van der Waals surface area contributed by atoms with Crippen molar-refractivity contribution in [1.82, 2.24) is 15.5 Å². The Balaban J connectivity index is 1.66. The van der Waals surface area contributed by atoms with E-state index in [1.54, 1.807) is 0 Å². The van der Waals surface area contributed by atoms with Gasteiger partial charge in [-0.3, -0.25) is 4.79 Å². The van der Waals surface area contributed by atoms with Crippen molar-refractivity contribution >= 4 is 11.9 Å². The molecule has 1 saturated carbocycles. The van der Waals surface area contributed by atoms with E-state index >= 15 is 0 Å². The van der Waals surface area contributed by atoms with Crippen LogP contribution in [0.5, 0.6) is 0 Å². The van der Waals surface area contributed by atoms with Gasteiger partial charge in [-0.2, -0.15) is 0 Å². The van der Waals surface area contributed by atoms with Gasteiger partial charge in [0.25, 0.3) is 0 Å². The Morgan fingerprint density at radius 1 is 1.10 bits per heavy atom. The lowest BCUT2D eigenvalue weighted by atomic mass is 9.87. The second-order valence-corrected chi connectivity index (χ2v) is 6.51. The fraction of sp³-hybridized carbons (Fsp3) is 0.875. The molecule has 1 unspecified atom stereocenters. The van der Waals surface area contributed by atoms with E-state index in [-0.39, 0.29) is 18.0 Å². The highest BCUT2D eigenvalue weighted by Crippen LogP contribution is 2.25. The fourth-order valence-electron chi connectivity index (χ4n) is 3.54. The fourth-order valence-corrected chi connectivity index (χ4v) is 3.54. The van der Waals surface area contributed by atoms with Gasteiger partial charge in [-0.25, -0.2) is 4.79 Å². The van der Waals surface area contributed by atoms with Gasteiger partial charge in [0.15, 0.2) is 0 Å². The molecule has 1 aliphatic carbocycles. The molecule has 1 heterocycles. The minimum atomic E-state index is -0.0143. The van der Waals surface area contributed by atoms with Crippen LogP contribution < -0.4 is 10.6 Å². The lowest BCUT2D eigenvalue weighted by molar-refractivity contribution is -0.119. The van der Waals surface area contributed by atoms with Crippen LogP contribution in [-0.4, -0.2) is 42.5 Å². The maximum absolute atomic E-state index is 12.2. The van der Waals surface area contributed by atoms with Crippen molar-refractivity contribution in [2.75, 3.05) is 19.6 Å². The van der Waals surface area contributed by atoms with Gasteiger partial charge in [0.2, 0.25) is 5.91 Å². The molecule has 0 radical (unpaired) electrons. The summed E-state index contributed by atoms with van der Waals surface area (Å²) in [6.45, 7) is 3.74. The molecule has 5 nitrogen and oxygen atoms in total. The molecule has 0 aromatic heterocycles. The van der Waals surface area contributed by atoms with Crippen LogP contribution in [0.4, 0.5) is 4.79 Å². The smallest absolute Gasteiger partial charge is 0.317 e. The highest BCUT2D eigenvalue weighted by molar-refractivity contribution is 5.75. The van der Waals surface area contributed by atoms with Crippen molar-refractivity contribution < 1.29 is 9.59 Å². The largest absolute Gasteiger partial charge is 0.352 e. The monoisotopic (exact) mass is 295 g/mol. The van der Waals surface area contributed by atoms with Crippen LogP contribution in [0.25, 0.3) is 0 Å². The molecule has 2 fully saturated rings. The molecule has 2 aliphatic rings. The van der Waals surface area contributed by atoms with E-state index in [1.807, 2.05) is 4.90 Å². The van der Waals surface area contributed by atoms with Gasteiger partial charge in [0.1, 0.15) is 0 Å². The number of rotatable bonds is 4. The number of nitrogens with one attached hydrogen (secondary N) is 2. The normalized spacial score (nSPS) is 23.7. The lowest BCUT2D eigenvalue weighted by Crippen LogP contribution is -2.52. The first-order valence-electron chi connectivity index (χ1n) is 8.45. The van der Waals surface area contributed by atoms with Gasteiger partial charge in [0.05, 0.1) is 0 Å². The third-order valence-corrected chi connectivity index (χ3v) is 4.67. The molecular weight excluding hydrogens is 266 g/mol. The predicted molar refractivity (Wildman–Crippen MR) is 83.0 cm³/mol. The number of hydrogen-bond acceptors (Lipinski definition) is 2. The summed E-state index contributed by atoms with van der Waals surface area (Å²) in [7, 11) is 0. The third-order valence-electron chi connectivity index (χ3n) is 4.67. The van der Waals surface area contributed by atoms with Crippen molar-refractivity contribution in [3.63, 3.8) is 0 Å². The van der Waals surface area contributed by atoms with E-state index < -0.39 is 0 Å². The van der Waals surface area contributed by atoms with Crippen molar-refractivity contribution in [1.29, 1.82) is 0 Å². The summed E-state index contributed by atoms with van der Waals surface area (Å²) < 4.78 is 0. The van der Waals surface area contributed by atoms with E-state index in [0.29, 0.717) is 6.54 Å². The van der Waals surface area contributed by atoms with Crippen molar-refractivity contribution in [2.45, 2.75) is 64.3 Å². The zero-order valence-corrected chi connectivity index (χ0v) is 13.2. The highest BCUT2D eigenvalue weighted by atomic mass is 16.2. The van der Waals surface area contributed by atoms with Crippen LogP contribution in [0.1, 0.15) is 58.3 Å². The molecule has 1 saturated heterocycles. The second-order valence-electron chi connectivity index (χ2n) is 6.51. The highest BCUT2D eigenvalue weighted by Gasteiger charge is 2.24. The Morgan fingerprint density at radius 3 is 2.57 bits per heavy atom. The van der Waals surface area contributed by atoms with E-state index in [2.05, 4.69) is 10.6 Å². The molecule has 0 aromatic carbocycles. The topological polar surface area (TPSA) is 61.4 Å². The number of hydrogen-bond donors (Lipinski definition) is 2. The first-order valence-corrected chi connectivity index (χ1v) is 8.45. The van der Waals surface area contributed by atoms with E-state index in [4.69, 9.17) is 0 Å². The van der Waals surface area contributed by atoms with Crippen LogP contribution in [0.3, 0.4) is 0 Å². The van der Waals surface area contributed by atoms with Crippen molar-refractivity contribution in [3.8, 4) is 0 Å². The van der Waals surface area contributed by atoms with Gasteiger partial charge in [-0.15, -0.1) is 0 Å². The van der Waals surface area contributed by atoms with Crippen LogP contribution in [0.15, 0.2) is 0 Å². The molecule has 2 rings (SSSR count). The van der Waals surface area contributed by atoms with Gasteiger partial charge < -0.3 is 15.5 Å². The molecule has 120 valence electrons. The van der Waals surface area contributed by atoms with Gasteiger partial charge in [0, 0.05) is 32.6 Å². The third kappa shape index (κ3) is 5.56. The Labute approximate surface area is 127 Å². The lowest BCUT2D eigenvalue weighted by Gasteiger charge is -2.33. The van der Waals surface area contributed by atoms with Crippen LogP contribution in [0, 0.1) is 5.92 Å². The summed E-state index contributed by atoms with van der Waals surface area (Å²) in [6, 6.07) is 0.140. The molecular formula is C16H29N3O2. The summed E-state index contributed by atoms with van der Waals surface area (Å²) in [5, 5.41) is 5.96. The zero-order chi connectivity index (χ0) is 15.1. The Morgan fingerprint density at radius 2 is 1.86 bits per heavy atom. The Bertz CT molecular complexity index is 353. The molecule has 3 amide bonds. The van der Waals surface area contributed by atoms with E-state index in [9.17, 15) is 9.59 Å². The summed E-state index contributed by atoms with van der Waals surface area (Å²) in [4.78, 5) is 25.1. The quantitative estimate of drug-likeness (QED) is 0.836. The van der Waals surface area contributed by atoms with Crippen LogP contribution in [0.2, 0.25) is 0 Å². The number of carbonyl (C=O) groups excluding carboxylic acids is 2. The van der Waals surface area contributed by atoms with Crippen molar-refractivity contribution in [2.24, 2.45) is 5.92 Å². The molecule has 1 aliphatic heterocycles. The summed E-state index contributed by atoms with van der Waals surface area (Å²) in [6.07, 6.45) is 9.75. The summed E-state index contributed by atoms with van der Waals surface area (Å²) in [5.41, 5.74) is 0. The molecule has 0 spiro atoms.